The molecule has 21 heavy (non-hydrogen) atoms. The van der Waals surface area contributed by atoms with Crippen LogP contribution in [0.4, 0.5) is 0 Å². The van der Waals surface area contributed by atoms with E-state index in [0.29, 0.717) is 11.9 Å². The quantitative estimate of drug-likeness (QED) is 0.759. The lowest BCUT2D eigenvalue weighted by Gasteiger charge is -2.20. The van der Waals surface area contributed by atoms with Gasteiger partial charge in [0.1, 0.15) is 12.4 Å². The van der Waals surface area contributed by atoms with Crippen molar-refractivity contribution in [3.8, 4) is 11.7 Å². The number of benzene rings is 1. The summed E-state index contributed by atoms with van der Waals surface area (Å²) in [6, 6.07) is 10.3. The van der Waals surface area contributed by atoms with Crippen LogP contribution in [0.2, 0.25) is 0 Å². The van der Waals surface area contributed by atoms with Gasteiger partial charge in [0.25, 0.3) is 0 Å². The maximum atomic E-state index is 5.92. The molecule has 0 bridgehead atoms. The molecule has 0 aliphatic rings. The summed E-state index contributed by atoms with van der Waals surface area (Å²) in [6.07, 6.45) is 2.87. The predicted octanol–water partition coefficient (Wildman–Crippen LogP) is 2.67. The second-order valence-electron chi connectivity index (χ2n) is 5.41. The molecular weight excluding hydrogens is 264 g/mol. The van der Waals surface area contributed by atoms with Gasteiger partial charge in [-0.3, -0.25) is 0 Å². The summed E-state index contributed by atoms with van der Waals surface area (Å²) < 4.78 is 7.65. The van der Waals surface area contributed by atoms with E-state index in [1.165, 1.54) is 0 Å². The molecule has 1 heterocycles. The molecule has 0 aliphatic heterocycles. The van der Waals surface area contributed by atoms with Gasteiger partial charge in [0, 0.05) is 6.54 Å². The molecule has 1 aromatic carbocycles. The Labute approximate surface area is 126 Å². The third kappa shape index (κ3) is 4.56. The van der Waals surface area contributed by atoms with Crippen LogP contribution in [-0.4, -0.2) is 34.0 Å². The first-order valence-electron chi connectivity index (χ1n) is 7.55. The fourth-order valence-electron chi connectivity index (χ4n) is 1.98. The molecule has 0 fully saturated rings. The van der Waals surface area contributed by atoms with Crippen LogP contribution < -0.4 is 10.1 Å². The van der Waals surface area contributed by atoms with Crippen LogP contribution in [0.25, 0.3) is 5.69 Å². The number of para-hydroxylation sites is 1. The first kappa shape index (κ1) is 15.5. The highest BCUT2D eigenvalue weighted by atomic mass is 16.5. The minimum absolute atomic E-state index is 0.0724. The van der Waals surface area contributed by atoms with Gasteiger partial charge >= 0.3 is 6.01 Å². The molecule has 114 valence electrons. The normalized spacial score (nSPS) is 12.6. The first-order chi connectivity index (χ1) is 10.2. The van der Waals surface area contributed by atoms with Crippen molar-refractivity contribution in [3.63, 3.8) is 0 Å². The molecule has 0 aliphatic carbocycles. The lowest BCUT2D eigenvalue weighted by molar-refractivity contribution is 0.136. The molecule has 1 unspecified atom stereocenters. The second kappa shape index (κ2) is 7.78. The molecule has 2 rings (SSSR count). The molecule has 0 spiro atoms. The molecule has 1 aromatic heterocycles. The van der Waals surface area contributed by atoms with Gasteiger partial charge in [-0.15, -0.1) is 5.10 Å². The van der Waals surface area contributed by atoms with Crippen LogP contribution in [-0.2, 0) is 0 Å². The van der Waals surface area contributed by atoms with Crippen molar-refractivity contribution < 1.29 is 4.74 Å². The summed E-state index contributed by atoms with van der Waals surface area (Å²) in [6.45, 7) is 8.25. The summed E-state index contributed by atoms with van der Waals surface area (Å²) in [4.78, 5) is 4.24. The minimum Gasteiger partial charge on any atom is -0.457 e. The highest BCUT2D eigenvalue weighted by Gasteiger charge is 2.17. The number of ether oxygens (including phenoxy) is 1. The Morgan fingerprint density at radius 3 is 2.67 bits per heavy atom. The lowest BCUT2D eigenvalue weighted by Crippen LogP contribution is -2.36. The van der Waals surface area contributed by atoms with Gasteiger partial charge in [-0.2, -0.15) is 4.98 Å². The van der Waals surface area contributed by atoms with Crippen molar-refractivity contribution in [3.05, 3.63) is 36.7 Å². The molecule has 1 atom stereocenters. The number of nitrogens with zero attached hydrogens (tertiary/aromatic N) is 3. The van der Waals surface area contributed by atoms with Crippen LogP contribution in [0.1, 0.15) is 27.2 Å². The number of nitrogens with one attached hydrogen (secondary N) is 1. The van der Waals surface area contributed by atoms with Crippen molar-refractivity contribution in [1.82, 2.24) is 20.1 Å². The lowest BCUT2D eigenvalue weighted by atomic mass is 10.1. The van der Waals surface area contributed by atoms with Gasteiger partial charge in [0.2, 0.25) is 0 Å². The molecule has 0 amide bonds. The Bertz CT molecular complexity index is 524. The largest absolute Gasteiger partial charge is 0.457 e. The average Bonchev–Trinajstić information content (AvgIpc) is 2.96. The Morgan fingerprint density at radius 2 is 2.00 bits per heavy atom. The summed E-state index contributed by atoms with van der Waals surface area (Å²) in [5.74, 6) is 0.401. The van der Waals surface area contributed by atoms with Crippen molar-refractivity contribution >= 4 is 0 Å². The fraction of sp³-hybridized carbons (Fsp3) is 0.500. The summed E-state index contributed by atoms with van der Waals surface area (Å²) in [5, 5.41) is 7.77. The number of aromatic nitrogens is 3. The van der Waals surface area contributed by atoms with E-state index in [1.54, 1.807) is 11.0 Å². The van der Waals surface area contributed by atoms with Crippen LogP contribution >= 0.6 is 0 Å². The van der Waals surface area contributed by atoms with Gasteiger partial charge < -0.3 is 10.1 Å². The molecule has 0 radical (unpaired) electrons. The molecule has 2 aromatic rings. The zero-order chi connectivity index (χ0) is 15.1. The Balaban J connectivity index is 1.99. The minimum atomic E-state index is 0.0724. The highest BCUT2D eigenvalue weighted by molar-refractivity contribution is 5.29. The molecule has 5 heteroatoms. The van der Waals surface area contributed by atoms with E-state index < -0.39 is 0 Å². The molecule has 1 N–H and O–H groups in total. The van der Waals surface area contributed by atoms with Gasteiger partial charge in [0.05, 0.1) is 5.69 Å². The fourth-order valence-corrected chi connectivity index (χ4v) is 1.98. The monoisotopic (exact) mass is 288 g/mol. The van der Waals surface area contributed by atoms with E-state index in [9.17, 15) is 0 Å². The van der Waals surface area contributed by atoms with Crippen LogP contribution in [0.3, 0.4) is 0 Å². The maximum absolute atomic E-state index is 5.92. The van der Waals surface area contributed by atoms with Gasteiger partial charge in [0.15, 0.2) is 0 Å². The number of hydrogen-bond acceptors (Lipinski definition) is 4. The van der Waals surface area contributed by atoms with Crippen molar-refractivity contribution in [2.24, 2.45) is 5.92 Å². The molecule has 0 saturated heterocycles. The van der Waals surface area contributed by atoms with Gasteiger partial charge in [-0.1, -0.05) is 39.0 Å². The van der Waals surface area contributed by atoms with Crippen molar-refractivity contribution in [1.29, 1.82) is 0 Å². The second-order valence-corrected chi connectivity index (χ2v) is 5.41. The zero-order valence-electron chi connectivity index (χ0n) is 13.0. The first-order valence-corrected chi connectivity index (χ1v) is 7.55. The van der Waals surface area contributed by atoms with Crippen molar-refractivity contribution in [2.75, 3.05) is 13.1 Å². The number of hydrogen-bond donors (Lipinski definition) is 1. The van der Waals surface area contributed by atoms with Gasteiger partial charge in [-0.25, -0.2) is 4.68 Å². The Morgan fingerprint density at radius 1 is 1.24 bits per heavy atom. The SMILES string of the molecule is CCCNCC(Oc1ncn(-c2ccccc2)n1)C(C)C. The Hall–Kier alpha value is -1.88. The van der Waals surface area contributed by atoms with E-state index in [2.05, 4.69) is 36.2 Å². The maximum Gasteiger partial charge on any atom is 0.336 e. The third-order valence-electron chi connectivity index (χ3n) is 3.26. The van der Waals surface area contributed by atoms with Gasteiger partial charge in [-0.05, 0) is 31.0 Å². The molecular formula is C16H24N4O. The van der Waals surface area contributed by atoms with E-state index in [1.807, 2.05) is 30.3 Å². The predicted molar refractivity (Wildman–Crippen MR) is 83.8 cm³/mol. The van der Waals surface area contributed by atoms with Crippen LogP contribution in [0, 0.1) is 5.92 Å². The van der Waals surface area contributed by atoms with E-state index >= 15 is 0 Å². The summed E-state index contributed by atoms with van der Waals surface area (Å²) in [7, 11) is 0. The summed E-state index contributed by atoms with van der Waals surface area (Å²) >= 11 is 0. The summed E-state index contributed by atoms with van der Waals surface area (Å²) in [5.41, 5.74) is 0.977. The number of rotatable bonds is 8. The van der Waals surface area contributed by atoms with Crippen LogP contribution in [0.5, 0.6) is 6.01 Å². The van der Waals surface area contributed by atoms with E-state index in [-0.39, 0.29) is 6.10 Å². The zero-order valence-corrected chi connectivity index (χ0v) is 13.0. The van der Waals surface area contributed by atoms with E-state index in [0.717, 1.165) is 25.2 Å². The smallest absolute Gasteiger partial charge is 0.336 e. The molecule has 0 saturated carbocycles. The average molecular weight is 288 g/mol. The van der Waals surface area contributed by atoms with Crippen LogP contribution in [0.15, 0.2) is 36.7 Å². The van der Waals surface area contributed by atoms with Crippen molar-refractivity contribution in [2.45, 2.75) is 33.3 Å². The Kier molecular flexibility index (Phi) is 5.75. The third-order valence-corrected chi connectivity index (χ3v) is 3.26. The highest BCUT2D eigenvalue weighted by Crippen LogP contribution is 2.12. The molecule has 5 nitrogen and oxygen atoms in total. The topological polar surface area (TPSA) is 52.0 Å². The standard InChI is InChI=1S/C16H24N4O/c1-4-10-17-11-15(13(2)3)21-16-18-12-20(19-16)14-8-6-5-7-9-14/h5-9,12-13,15,17H,4,10-11H2,1-3H3. The van der Waals surface area contributed by atoms with E-state index in [4.69, 9.17) is 4.74 Å².